The van der Waals surface area contributed by atoms with Crippen LogP contribution in [0, 0.1) is 5.92 Å². The fourth-order valence-corrected chi connectivity index (χ4v) is 5.42. The summed E-state index contributed by atoms with van der Waals surface area (Å²) in [5.74, 6) is -0.176. The van der Waals surface area contributed by atoms with Crippen molar-refractivity contribution in [2.45, 2.75) is 32.1 Å². The molecule has 0 bridgehead atoms. The number of aromatic nitrogens is 2. The normalized spacial score (nSPS) is 19.7. The largest absolute Gasteiger partial charge is 0.497 e. The first-order chi connectivity index (χ1) is 17.4. The molecule has 0 aliphatic carbocycles. The van der Waals surface area contributed by atoms with Gasteiger partial charge in [0.2, 0.25) is 22.9 Å². The fourth-order valence-electron chi connectivity index (χ4n) is 4.59. The second kappa shape index (κ2) is 10.1. The van der Waals surface area contributed by atoms with Gasteiger partial charge in [-0.15, -0.1) is 10.2 Å². The molecule has 2 aromatic carbocycles. The van der Waals surface area contributed by atoms with Crippen molar-refractivity contribution in [2.75, 3.05) is 35.3 Å². The summed E-state index contributed by atoms with van der Waals surface area (Å²) in [7, 11) is 1.58. The van der Waals surface area contributed by atoms with E-state index in [1.165, 1.54) is 16.9 Å². The third kappa shape index (κ3) is 4.81. The van der Waals surface area contributed by atoms with Gasteiger partial charge in [0.15, 0.2) is 0 Å². The van der Waals surface area contributed by atoms with Crippen molar-refractivity contribution in [1.29, 1.82) is 0 Å². The van der Waals surface area contributed by atoms with Crippen molar-refractivity contribution in [3.63, 3.8) is 0 Å². The van der Waals surface area contributed by atoms with E-state index in [1.807, 2.05) is 24.3 Å². The van der Waals surface area contributed by atoms with Crippen LogP contribution in [0.15, 0.2) is 48.5 Å². The summed E-state index contributed by atoms with van der Waals surface area (Å²) >= 11 is 1.28. The highest BCUT2D eigenvalue weighted by Gasteiger charge is 2.37. The van der Waals surface area contributed by atoms with Crippen molar-refractivity contribution in [1.82, 2.24) is 10.2 Å². The Balaban J connectivity index is 1.20. The number of hydrogen-bond donors (Lipinski definition) is 1. The number of nitrogens with one attached hydrogen (secondary N) is 1. The Kier molecular flexibility index (Phi) is 6.69. The van der Waals surface area contributed by atoms with Gasteiger partial charge in [0, 0.05) is 43.2 Å². The van der Waals surface area contributed by atoms with Crippen LogP contribution in [0.25, 0.3) is 0 Å². The molecule has 3 heterocycles. The number of methoxy groups -OCH3 is 1. The zero-order valence-corrected chi connectivity index (χ0v) is 21.0. The molecule has 3 amide bonds. The number of amides is 3. The molecule has 0 saturated carbocycles. The van der Waals surface area contributed by atoms with E-state index in [1.54, 1.807) is 41.2 Å². The van der Waals surface area contributed by atoms with Gasteiger partial charge in [0.25, 0.3) is 0 Å². The molecule has 2 unspecified atom stereocenters. The minimum absolute atomic E-state index is 0.0492. The number of aryl methyl sites for hydroxylation is 1. The van der Waals surface area contributed by atoms with Crippen LogP contribution in [0.4, 0.5) is 16.5 Å². The van der Waals surface area contributed by atoms with Gasteiger partial charge in [-0.1, -0.05) is 30.4 Å². The molecule has 3 aromatic rings. The Morgan fingerprint density at radius 3 is 2.28 bits per heavy atom. The minimum atomic E-state index is -0.485. The minimum Gasteiger partial charge on any atom is -0.497 e. The molecule has 0 radical (unpaired) electrons. The molecule has 9 nitrogen and oxygen atoms in total. The molecule has 2 fully saturated rings. The van der Waals surface area contributed by atoms with Crippen LogP contribution in [-0.4, -0.2) is 48.1 Å². The topological polar surface area (TPSA) is 105 Å². The Hall–Kier alpha value is -3.79. The summed E-state index contributed by atoms with van der Waals surface area (Å²) in [6.45, 7) is 2.92. The van der Waals surface area contributed by atoms with Gasteiger partial charge >= 0.3 is 0 Å². The SMILES string of the molecule is CCc1ccc(N2CC(c3nnc(NC(=O)C4CC(=O)N(c5ccc(OC)cc5)C4)s3)CC2=O)cc1. The molecule has 186 valence electrons. The molecule has 2 atom stereocenters. The van der Waals surface area contributed by atoms with Crippen molar-refractivity contribution in [2.24, 2.45) is 5.92 Å². The van der Waals surface area contributed by atoms with E-state index in [0.29, 0.717) is 35.4 Å². The molecular formula is C26H27N5O4S. The molecule has 1 N–H and O–H groups in total. The van der Waals surface area contributed by atoms with E-state index >= 15 is 0 Å². The second-order valence-electron chi connectivity index (χ2n) is 8.96. The lowest BCUT2D eigenvalue weighted by molar-refractivity contribution is -0.122. The maximum Gasteiger partial charge on any atom is 0.231 e. The van der Waals surface area contributed by atoms with Crippen molar-refractivity contribution in [3.05, 3.63) is 59.1 Å². The first-order valence-electron chi connectivity index (χ1n) is 11.9. The molecule has 5 rings (SSSR count). The number of benzene rings is 2. The number of nitrogens with zero attached hydrogens (tertiary/aromatic N) is 4. The predicted molar refractivity (Wildman–Crippen MR) is 138 cm³/mol. The molecule has 10 heteroatoms. The van der Waals surface area contributed by atoms with E-state index in [-0.39, 0.29) is 30.1 Å². The zero-order chi connectivity index (χ0) is 25.2. The third-order valence-electron chi connectivity index (χ3n) is 6.68. The van der Waals surface area contributed by atoms with Crippen LogP contribution in [-0.2, 0) is 20.8 Å². The van der Waals surface area contributed by atoms with Crippen LogP contribution >= 0.6 is 11.3 Å². The Morgan fingerprint density at radius 1 is 0.972 bits per heavy atom. The first-order valence-corrected chi connectivity index (χ1v) is 12.7. The highest BCUT2D eigenvalue weighted by atomic mass is 32.1. The summed E-state index contributed by atoms with van der Waals surface area (Å²) in [6.07, 6.45) is 1.43. The predicted octanol–water partition coefficient (Wildman–Crippen LogP) is 3.62. The van der Waals surface area contributed by atoms with Crippen molar-refractivity contribution < 1.29 is 19.1 Å². The number of hydrogen-bond acceptors (Lipinski definition) is 7. The Bertz CT molecular complexity index is 1270. The van der Waals surface area contributed by atoms with Gasteiger partial charge in [0.05, 0.1) is 13.0 Å². The highest BCUT2D eigenvalue weighted by molar-refractivity contribution is 7.15. The van der Waals surface area contributed by atoms with Gasteiger partial charge in [0.1, 0.15) is 10.8 Å². The lowest BCUT2D eigenvalue weighted by Gasteiger charge is -2.17. The summed E-state index contributed by atoms with van der Waals surface area (Å²) in [5.41, 5.74) is 2.83. The van der Waals surface area contributed by atoms with Crippen LogP contribution in [0.2, 0.25) is 0 Å². The number of ether oxygens (including phenoxy) is 1. The molecular weight excluding hydrogens is 478 g/mol. The van der Waals surface area contributed by atoms with E-state index in [4.69, 9.17) is 4.74 Å². The standard InChI is InChI=1S/C26H27N5O4S/c1-3-16-4-6-19(7-5-16)31-15-18(13-23(31)33)25-28-29-26(36-25)27-24(34)17-12-22(32)30(14-17)20-8-10-21(35-2)11-9-20/h4-11,17-18H,3,12-15H2,1-2H3,(H,27,29,34). The maximum absolute atomic E-state index is 12.9. The number of anilines is 3. The van der Waals surface area contributed by atoms with Crippen LogP contribution in [0.5, 0.6) is 5.75 Å². The molecule has 2 aliphatic rings. The highest BCUT2D eigenvalue weighted by Crippen LogP contribution is 2.35. The van der Waals surface area contributed by atoms with Crippen LogP contribution in [0.1, 0.15) is 36.3 Å². The Labute approximate surface area is 213 Å². The molecule has 36 heavy (non-hydrogen) atoms. The number of carbonyl (C=O) groups is 3. The summed E-state index contributed by atoms with van der Waals surface area (Å²) in [4.78, 5) is 41.5. The molecule has 2 aliphatic heterocycles. The van der Waals surface area contributed by atoms with Crippen LogP contribution < -0.4 is 19.9 Å². The van der Waals surface area contributed by atoms with Gasteiger partial charge in [-0.3, -0.25) is 14.4 Å². The summed E-state index contributed by atoms with van der Waals surface area (Å²) < 4.78 is 5.17. The van der Waals surface area contributed by atoms with Crippen LogP contribution in [0.3, 0.4) is 0 Å². The van der Waals surface area contributed by atoms with Gasteiger partial charge in [-0.2, -0.15) is 0 Å². The fraction of sp³-hybridized carbons (Fsp3) is 0.346. The van der Waals surface area contributed by atoms with Gasteiger partial charge in [-0.25, -0.2) is 0 Å². The van der Waals surface area contributed by atoms with Gasteiger partial charge in [-0.05, 0) is 48.4 Å². The van der Waals surface area contributed by atoms with Crippen molar-refractivity contribution >= 4 is 45.6 Å². The summed E-state index contributed by atoms with van der Waals surface area (Å²) in [5, 5.41) is 12.3. The number of carbonyl (C=O) groups excluding carboxylic acids is 3. The van der Waals surface area contributed by atoms with Gasteiger partial charge < -0.3 is 19.9 Å². The molecule has 2 saturated heterocycles. The maximum atomic E-state index is 12.9. The molecule has 0 spiro atoms. The lowest BCUT2D eigenvalue weighted by atomic mass is 10.1. The summed E-state index contributed by atoms with van der Waals surface area (Å²) in [6, 6.07) is 15.2. The quantitative estimate of drug-likeness (QED) is 0.526. The molecule has 1 aromatic heterocycles. The average molecular weight is 506 g/mol. The number of rotatable bonds is 7. The van der Waals surface area contributed by atoms with E-state index in [0.717, 1.165) is 17.8 Å². The lowest BCUT2D eigenvalue weighted by Crippen LogP contribution is -2.28. The van der Waals surface area contributed by atoms with E-state index < -0.39 is 5.92 Å². The first kappa shape index (κ1) is 23.9. The average Bonchev–Trinajstić information content (AvgIpc) is 3.62. The second-order valence-corrected chi connectivity index (χ2v) is 9.97. The smallest absolute Gasteiger partial charge is 0.231 e. The third-order valence-corrected chi connectivity index (χ3v) is 7.68. The zero-order valence-electron chi connectivity index (χ0n) is 20.1. The monoisotopic (exact) mass is 505 g/mol. The van der Waals surface area contributed by atoms with E-state index in [2.05, 4.69) is 22.4 Å². The Morgan fingerprint density at radius 2 is 1.61 bits per heavy atom. The van der Waals surface area contributed by atoms with E-state index in [9.17, 15) is 14.4 Å². The van der Waals surface area contributed by atoms with Crippen molar-refractivity contribution in [3.8, 4) is 5.75 Å².